The zero-order chi connectivity index (χ0) is 14.4. The maximum absolute atomic E-state index is 11.7. The van der Waals surface area contributed by atoms with Gasteiger partial charge in [-0.25, -0.2) is 18.2 Å². The summed E-state index contributed by atoms with van der Waals surface area (Å²) in [5, 5.41) is -0.875. The van der Waals surface area contributed by atoms with Gasteiger partial charge in [-0.3, -0.25) is 14.3 Å². The van der Waals surface area contributed by atoms with Crippen molar-refractivity contribution in [1.29, 1.82) is 0 Å². The molecular weight excluding hydrogens is 272 g/mol. The van der Waals surface area contributed by atoms with Crippen LogP contribution in [-0.4, -0.2) is 34.2 Å². The first kappa shape index (κ1) is 13.5. The first-order chi connectivity index (χ1) is 8.75. The number of aryl methyl sites for hydroxylation is 1. The molecule has 104 valence electrons. The van der Waals surface area contributed by atoms with Gasteiger partial charge in [-0.15, -0.1) is 0 Å². The zero-order valence-electron chi connectivity index (χ0n) is 10.7. The van der Waals surface area contributed by atoms with Crippen LogP contribution in [0.1, 0.15) is 24.9 Å². The molecule has 0 saturated heterocycles. The van der Waals surface area contributed by atoms with Crippen molar-refractivity contribution in [2.24, 2.45) is 0 Å². The fourth-order valence-electron chi connectivity index (χ4n) is 1.75. The molecule has 1 atom stereocenters. The second-order valence-corrected chi connectivity index (χ2v) is 6.66. The van der Waals surface area contributed by atoms with E-state index in [-0.39, 0.29) is 17.0 Å². The van der Waals surface area contributed by atoms with Crippen molar-refractivity contribution in [2.75, 3.05) is 6.26 Å². The van der Waals surface area contributed by atoms with Gasteiger partial charge in [0.05, 0.1) is 0 Å². The van der Waals surface area contributed by atoms with Crippen LogP contribution in [0.2, 0.25) is 0 Å². The molecule has 0 fully saturated rings. The van der Waals surface area contributed by atoms with Crippen LogP contribution in [0.3, 0.4) is 0 Å². The van der Waals surface area contributed by atoms with Gasteiger partial charge in [0, 0.05) is 12.8 Å². The highest BCUT2D eigenvalue weighted by molar-refractivity contribution is 7.90. The van der Waals surface area contributed by atoms with Crippen molar-refractivity contribution in [2.45, 2.75) is 25.6 Å². The number of nitrogens with one attached hydrogen (secondary N) is 2. The number of fused-ring (bicyclic) bond motifs is 1. The number of sulfone groups is 1. The molecule has 2 aromatic rings. The molecule has 0 amide bonds. The highest BCUT2D eigenvalue weighted by Crippen LogP contribution is 2.19. The van der Waals surface area contributed by atoms with E-state index in [0.717, 1.165) is 6.26 Å². The number of imidazole rings is 1. The van der Waals surface area contributed by atoms with Gasteiger partial charge >= 0.3 is 5.69 Å². The maximum atomic E-state index is 11.7. The molecule has 2 aromatic heterocycles. The molecule has 0 radical (unpaired) electrons. The predicted octanol–water partition coefficient (Wildman–Crippen LogP) is -0.462. The second-order valence-electron chi connectivity index (χ2n) is 4.30. The van der Waals surface area contributed by atoms with Gasteiger partial charge in [0.25, 0.3) is 5.56 Å². The number of nitrogens with zero attached hydrogens (tertiary/aromatic N) is 2. The van der Waals surface area contributed by atoms with Gasteiger partial charge in [0.15, 0.2) is 15.5 Å². The molecule has 0 aliphatic heterocycles. The van der Waals surface area contributed by atoms with Crippen LogP contribution in [0, 0.1) is 0 Å². The van der Waals surface area contributed by atoms with Crippen LogP contribution in [0.5, 0.6) is 0 Å². The summed E-state index contributed by atoms with van der Waals surface area (Å²) in [4.78, 5) is 32.2. The summed E-state index contributed by atoms with van der Waals surface area (Å²) < 4.78 is 24.3. The molecule has 0 saturated carbocycles. The minimum absolute atomic E-state index is 0.104. The van der Waals surface area contributed by atoms with Gasteiger partial charge in [0.1, 0.15) is 16.6 Å². The highest BCUT2D eigenvalue weighted by atomic mass is 32.2. The SMILES string of the molecule is CCn1c(=O)[nH]c(=O)c2[nH]c(C(C)S(C)(=O)=O)nc21. The van der Waals surface area contributed by atoms with Crippen molar-refractivity contribution in [1.82, 2.24) is 19.5 Å². The maximum Gasteiger partial charge on any atom is 0.330 e. The average Bonchev–Trinajstić information content (AvgIpc) is 2.72. The molecule has 2 heterocycles. The zero-order valence-corrected chi connectivity index (χ0v) is 11.5. The normalized spacial score (nSPS) is 13.8. The minimum Gasteiger partial charge on any atom is -0.335 e. The molecule has 2 rings (SSSR count). The summed E-state index contributed by atoms with van der Waals surface area (Å²) in [6, 6.07) is 0. The van der Waals surface area contributed by atoms with Crippen molar-refractivity contribution >= 4 is 21.0 Å². The molecule has 0 aliphatic carbocycles. The number of aromatic amines is 2. The molecule has 2 N–H and O–H groups in total. The number of rotatable bonds is 3. The molecule has 0 aliphatic rings. The van der Waals surface area contributed by atoms with E-state index in [2.05, 4.69) is 15.0 Å². The van der Waals surface area contributed by atoms with Crippen LogP contribution < -0.4 is 11.2 Å². The molecule has 8 nitrogen and oxygen atoms in total. The van der Waals surface area contributed by atoms with Crippen molar-refractivity contribution in [3.8, 4) is 0 Å². The van der Waals surface area contributed by atoms with E-state index in [1.165, 1.54) is 11.5 Å². The van der Waals surface area contributed by atoms with E-state index in [9.17, 15) is 18.0 Å². The van der Waals surface area contributed by atoms with Gasteiger partial charge < -0.3 is 4.98 Å². The van der Waals surface area contributed by atoms with Crippen LogP contribution in [0.25, 0.3) is 11.2 Å². The molecule has 0 bridgehead atoms. The lowest BCUT2D eigenvalue weighted by molar-refractivity contribution is 0.590. The Labute approximate surface area is 108 Å². The Bertz CT molecular complexity index is 843. The summed E-state index contributed by atoms with van der Waals surface area (Å²) in [5.74, 6) is 0.149. The Hall–Kier alpha value is -1.90. The molecule has 0 spiro atoms. The lowest BCUT2D eigenvalue weighted by Gasteiger charge is -2.04. The molecular formula is C10H14N4O4S. The van der Waals surface area contributed by atoms with Crippen LogP contribution in [0.4, 0.5) is 0 Å². The minimum atomic E-state index is -3.34. The lowest BCUT2D eigenvalue weighted by Crippen LogP contribution is -2.29. The van der Waals surface area contributed by atoms with Gasteiger partial charge in [-0.2, -0.15) is 0 Å². The number of hydrogen-bond donors (Lipinski definition) is 2. The average molecular weight is 286 g/mol. The molecule has 9 heteroatoms. The van der Waals surface area contributed by atoms with Crippen molar-refractivity contribution in [3.05, 3.63) is 26.7 Å². The van der Waals surface area contributed by atoms with Gasteiger partial charge in [0.2, 0.25) is 0 Å². The Morgan fingerprint density at radius 3 is 2.47 bits per heavy atom. The summed E-state index contributed by atoms with van der Waals surface area (Å²) >= 11 is 0. The van der Waals surface area contributed by atoms with Crippen molar-refractivity contribution < 1.29 is 8.42 Å². The monoisotopic (exact) mass is 286 g/mol. The van der Waals surface area contributed by atoms with E-state index in [1.807, 2.05) is 0 Å². The number of aromatic nitrogens is 4. The second kappa shape index (κ2) is 4.34. The van der Waals surface area contributed by atoms with E-state index < -0.39 is 26.3 Å². The topological polar surface area (TPSA) is 118 Å². The van der Waals surface area contributed by atoms with Gasteiger partial charge in [-0.1, -0.05) is 0 Å². The lowest BCUT2D eigenvalue weighted by atomic mass is 10.5. The fourth-order valence-corrected chi connectivity index (χ4v) is 2.26. The van der Waals surface area contributed by atoms with Crippen LogP contribution in [-0.2, 0) is 16.4 Å². The fraction of sp³-hybridized carbons (Fsp3) is 0.500. The Morgan fingerprint density at radius 2 is 1.95 bits per heavy atom. The van der Waals surface area contributed by atoms with Crippen molar-refractivity contribution in [3.63, 3.8) is 0 Å². The Kier molecular flexibility index (Phi) is 3.09. The van der Waals surface area contributed by atoms with E-state index in [0.29, 0.717) is 6.54 Å². The number of hydrogen-bond acceptors (Lipinski definition) is 5. The largest absolute Gasteiger partial charge is 0.335 e. The Balaban J connectivity index is 2.81. The van der Waals surface area contributed by atoms with E-state index >= 15 is 0 Å². The first-order valence-electron chi connectivity index (χ1n) is 5.67. The van der Waals surface area contributed by atoms with Crippen LogP contribution in [0.15, 0.2) is 9.59 Å². The summed E-state index contributed by atoms with van der Waals surface area (Å²) in [6.07, 6.45) is 1.09. The standard InChI is InChI=1S/C10H14N4O4S/c1-4-14-8-6(9(15)13-10(14)16)11-7(12-8)5(2)19(3,17)18/h5H,4H2,1-3H3,(H,11,12)(H,13,15,16). The molecule has 0 aromatic carbocycles. The van der Waals surface area contributed by atoms with Gasteiger partial charge in [-0.05, 0) is 13.8 Å². The third-order valence-electron chi connectivity index (χ3n) is 2.99. The predicted molar refractivity (Wildman–Crippen MR) is 69.9 cm³/mol. The third-order valence-corrected chi connectivity index (χ3v) is 4.50. The summed E-state index contributed by atoms with van der Waals surface area (Å²) in [7, 11) is -3.34. The quantitative estimate of drug-likeness (QED) is 0.791. The van der Waals surface area contributed by atoms with Crippen LogP contribution >= 0.6 is 0 Å². The molecule has 19 heavy (non-hydrogen) atoms. The van der Waals surface area contributed by atoms with E-state index in [1.54, 1.807) is 6.92 Å². The highest BCUT2D eigenvalue weighted by Gasteiger charge is 2.22. The first-order valence-corrected chi connectivity index (χ1v) is 7.62. The Morgan fingerprint density at radius 1 is 1.32 bits per heavy atom. The summed E-state index contributed by atoms with van der Waals surface area (Å²) in [5.41, 5.74) is -0.900. The third kappa shape index (κ3) is 2.21. The smallest absolute Gasteiger partial charge is 0.330 e. The number of H-pyrrole nitrogens is 2. The van der Waals surface area contributed by atoms with E-state index in [4.69, 9.17) is 0 Å². The summed E-state index contributed by atoms with van der Waals surface area (Å²) in [6.45, 7) is 3.52. The molecule has 1 unspecified atom stereocenters.